The van der Waals surface area contributed by atoms with Crippen molar-refractivity contribution in [3.05, 3.63) is 53.6 Å². The minimum Gasteiger partial charge on any atom is -0.493 e. The first-order chi connectivity index (χ1) is 14.8. The highest BCUT2D eigenvalue weighted by Gasteiger charge is 2.17. The Bertz CT molecular complexity index is 958. The molecule has 0 aliphatic carbocycles. The molecule has 0 atom stereocenters. The first-order valence-electron chi connectivity index (χ1n) is 10.3. The van der Waals surface area contributed by atoms with E-state index in [9.17, 15) is 13.2 Å². The summed E-state index contributed by atoms with van der Waals surface area (Å²) in [4.78, 5) is 12.2. The van der Waals surface area contributed by atoms with Crippen LogP contribution in [0, 0.1) is 0 Å². The molecule has 0 aliphatic heterocycles. The van der Waals surface area contributed by atoms with E-state index in [-0.39, 0.29) is 18.9 Å². The van der Waals surface area contributed by atoms with E-state index in [1.807, 2.05) is 49.4 Å². The Kier molecular flexibility index (Phi) is 9.18. The fourth-order valence-corrected chi connectivity index (χ4v) is 4.20. The molecule has 8 heteroatoms. The van der Waals surface area contributed by atoms with Crippen molar-refractivity contribution in [3.8, 4) is 11.5 Å². The third kappa shape index (κ3) is 7.47. The average molecular weight is 449 g/mol. The van der Waals surface area contributed by atoms with E-state index in [1.54, 1.807) is 14.2 Å². The van der Waals surface area contributed by atoms with Crippen LogP contribution in [0.2, 0.25) is 0 Å². The van der Waals surface area contributed by atoms with Crippen molar-refractivity contribution in [1.29, 1.82) is 0 Å². The number of nitrogens with zero attached hydrogens (tertiary/aromatic N) is 1. The number of hydrogen-bond acceptors (Lipinski definition) is 5. The summed E-state index contributed by atoms with van der Waals surface area (Å²) in [5.74, 6) is 1.21. The second-order valence-corrected chi connectivity index (χ2v) is 9.15. The Labute approximate surface area is 185 Å². The molecule has 170 valence electrons. The zero-order valence-electron chi connectivity index (χ0n) is 18.7. The van der Waals surface area contributed by atoms with Crippen molar-refractivity contribution in [2.75, 3.05) is 37.9 Å². The lowest BCUT2D eigenvalue weighted by molar-refractivity contribution is -0.121. The molecule has 1 amide bonds. The third-order valence-electron chi connectivity index (χ3n) is 4.98. The van der Waals surface area contributed by atoms with Gasteiger partial charge in [-0.05, 0) is 54.7 Å². The topological polar surface area (TPSA) is 84.9 Å². The maximum atomic E-state index is 12.2. The van der Waals surface area contributed by atoms with Crippen LogP contribution >= 0.6 is 0 Å². The van der Waals surface area contributed by atoms with Crippen molar-refractivity contribution in [2.24, 2.45) is 0 Å². The van der Waals surface area contributed by atoms with Crippen LogP contribution < -0.4 is 19.1 Å². The van der Waals surface area contributed by atoms with E-state index in [0.29, 0.717) is 36.6 Å². The molecule has 2 aromatic rings. The van der Waals surface area contributed by atoms with Gasteiger partial charge in [-0.15, -0.1) is 0 Å². The van der Waals surface area contributed by atoms with Crippen LogP contribution in [0.25, 0.3) is 0 Å². The van der Waals surface area contributed by atoms with Gasteiger partial charge in [0.2, 0.25) is 15.9 Å². The van der Waals surface area contributed by atoms with E-state index >= 15 is 0 Å². The molecule has 31 heavy (non-hydrogen) atoms. The van der Waals surface area contributed by atoms with E-state index < -0.39 is 10.0 Å². The van der Waals surface area contributed by atoms with Gasteiger partial charge in [0.25, 0.3) is 0 Å². The first kappa shape index (κ1) is 24.5. The highest BCUT2D eigenvalue weighted by Crippen LogP contribution is 2.27. The maximum Gasteiger partial charge on any atom is 0.232 e. The van der Waals surface area contributed by atoms with E-state index in [4.69, 9.17) is 9.47 Å². The minimum atomic E-state index is -3.42. The normalized spacial score (nSPS) is 11.1. The van der Waals surface area contributed by atoms with Crippen molar-refractivity contribution >= 4 is 21.6 Å². The fourth-order valence-electron chi connectivity index (χ4n) is 3.24. The number of ether oxygens (including phenoxy) is 2. The second kappa shape index (κ2) is 11.6. The molecule has 0 bridgehead atoms. The molecule has 0 spiro atoms. The Hall–Kier alpha value is -2.74. The summed E-state index contributed by atoms with van der Waals surface area (Å²) in [6, 6.07) is 13.1. The summed E-state index contributed by atoms with van der Waals surface area (Å²) >= 11 is 0. The van der Waals surface area contributed by atoms with Crippen molar-refractivity contribution < 1.29 is 22.7 Å². The molecular formula is C23H32N2O5S. The lowest BCUT2D eigenvalue weighted by Gasteiger charge is -2.22. The summed E-state index contributed by atoms with van der Waals surface area (Å²) in [5, 5.41) is 2.89. The molecular weight excluding hydrogens is 416 g/mol. The van der Waals surface area contributed by atoms with Crippen molar-refractivity contribution in [3.63, 3.8) is 0 Å². The Balaban J connectivity index is 1.83. The SMILES string of the molecule is CCc1ccc(N(CCCC(=O)NCCc2ccc(OC)c(OC)c2)S(C)(=O)=O)cc1. The molecule has 0 saturated heterocycles. The molecule has 0 aliphatic rings. The molecule has 2 aromatic carbocycles. The number of aryl methyl sites for hydroxylation is 1. The first-order valence-corrected chi connectivity index (χ1v) is 12.2. The van der Waals surface area contributed by atoms with E-state index in [2.05, 4.69) is 5.32 Å². The highest BCUT2D eigenvalue weighted by molar-refractivity contribution is 7.92. The number of amides is 1. The summed E-state index contributed by atoms with van der Waals surface area (Å²) in [6.45, 7) is 2.79. The van der Waals surface area contributed by atoms with Gasteiger partial charge in [0.05, 0.1) is 26.2 Å². The second-order valence-electron chi connectivity index (χ2n) is 7.25. The van der Waals surface area contributed by atoms with Crippen LogP contribution in [0.3, 0.4) is 0 Å². The maximum absolute atomic E-state index is 12.2. The van der Waals surface area contributed by atoms with Gasteiger partial charge >= 0.3 is 0 Å². The standard InChI is InChI=1S/C23H32N2O5S/c1-5-18-8-11-20(12-9-18)25(31(4,27)28)16-6-7-23(26)24-15-14-19-10-13-21(29-2)22(17-19)30-3/h8-13,17H,5-7,14-16H2,1-4H3,(H,24,26). The van der Waals surface area contributed by atoms with Gasteiger partial charge in [-0.25, -0.2) is 8.42 Å². The van der Waals surface area contributed by atoms with Gasteiger partial charge < -0.3 is 14.8 Å². The highest BCUT2D eigenvalue weighted by atomic mass is 32.2. The number of carbonyl (C=O) groups excluding carboxylic acids is 1. The smallest absolute Gasteiger partial charge is 0.232 e. The Morgan fingerprint density at radius 2 is 1.65 bits per heavy atom. The monoisotopic (exact) mass is 448 g/mol. The van der Waals surface area contributed by atoms with Crippen LogP contribution in [0.1, 0.15) is 30.9 Å². The number of methoxy groups -OCH3 is 2. The Morgan fingerprint density at radius 1 is 1.00 bits per heavy atom. The van der Waals surface area contributed by atoms with Gasteiger partial charge in [0, 0.05) is 19.5 Å². The van der Waals surface area contributed by atoms with Crippen LogP contribution in [0.4, 0.5) is 5.69 Å². The summed E-state index contributed by atoms with van der Waals surface area (Å²) in [7, 11) is -0.250. The minimum absolute atomic E-state index is 0.102. The fraction of sp³-hybridized carbons (Fsp3) is 0.435. The van der Waals surface area contributed by atoms with Gasteiger partial charge in [-0.3, -0.25) is 9.10 Å². The van der Waals surface area contributed by atoms with Crippen LogP contribution in [-0.4, -0.2) is 47.9 Å². The van der Waals surface area contributed by atoms with Gasteiger partial charge in [0.1, 0.15) is 0 Å². The lowest BCUT2D eigenvalue weighted by Crippen LogP contribution is -2.32. The molecule has 0 heterocycles. The number of carbonyl (C=O) groups is 1. The molecule has 0 saturated carbocycles. The summed E-state index contributed by atoms with van der Waals surface area (Å²) in [6.07, 6.45) is 3.42. The Morgan fingerprint density at radius 3 is 2.23 bits per heavy atom. The predicted molar refractivity (Wildman–Crippen MR) is 124 cm³/mol. The molecule has 0 aromatic heterocycles. The number of benzene rings is 2. The molecule has 1 N–H and O–H groups in total. The molecule has 0 radical (unpaired) electrons. The zero-order valence-corrected chi connectivity index (χ0v) is 19.5. The number of sulfonamides is 1. The van der Waals surface area contributed by atoms with Crippen LogP contribution in [-0.2, 0) is 27.7 Å². The van der Waals surface area contributed by atoms with E-state index in [0.717, 1.165) is 17.5 Å². The molecule has 7 nitrogen and oxygen atoms in total. The quantitative estimate of drug-likeness (QED) is 0.539. The summed E-state index contributed by atoms with van der Waals surface area (Å²) < 4.78 is 36.3. The predicted octanol–water partition coefficient (Wildman–Crippen LogP) is 3.17. The molecule has 0 unspecified atom stereocenters. The van der Waals surface area contributed by atoms with Crippen LogP contribution in [0.5, 0.6) is 11.5 Å². The van der Waals surface area contributed by atoms with Gasteiger partial charge in [-0.2, -0.15) is 0 Å². The number of hydrogen-bond donors (Lipinski definition) is 1. The zero-order chi connectivity index (χ0) is 22.9. The number of nitrogens with one attached hydrogen (secondary N) is 1. The molecule has 0 fully saturated rings. The van der Waals surface area contributed by atoms with Gasteiger partial charge in [0.15, 0.2) is 11.5 Å². The number of rotatable bonds is 12. The number of anilines is 1. The van der Waals surface area contributed by atoms with E-state index in [1.165, 1.54) is 10.6 Å². The van der Waals surface area contributed by atoms with Crippen molar-refractivity contribution in [2.45, 2.75) is 32.6 Å². The largest absolute Gasteiger partial charge is 0.493 e. The van der Waals surface area contributed by atoms with Crippen molar-refractivity contribution in [1.82, 2.24) is 5.32 Å². The third-order valence-corrected chi connectivity index (χ3v) is 6.18. The lowest BCUT2D eigenvalue weighted by atomic mass is 10.1. The molecule has 2 rings (SSSR count). The van der Waals surface area contributed by atoms with Gasteiger partial charge in [-0.1, -0.05) is 25.1 Å². The summed E-state index contributed by atoms with van der Waals surface area (Å²) in [5.41, 5.74) is 2.79. The van der Waals surface area contributed by atoms with Crippen LogP contribution in [0.15, 0.2) is 42.5 Å². The average Bonchev–Trinajstić information content (AvgIpc) is 2.76.